The summed E-state index contributed by atoms with van der Waals surface area (Å²) in [6, 6.07) is 0. The average molecular weight is 990 g/mol. The molecule has 0 bridgehead atoms. The lowest BCUT2D eigenvalue weighted by Crippen LogP contribution is -2.30. The highest BCUT2D eigenvalue weighted by Gasteiger charge is 2.19. The predicted octanol–water partition coefficient (Wildman–Crippen LogP) is 20.3. The Bertz CT molecular complexity index is 1370. The van der Waals surface area contributed by atoms with Gasteiger partial charge in [-0.05, 0) is 116 Å². The van der Waals surface area contributed by atoms with Gasteiger partial charge in [0.25, 0.3) is 0 Å². The molecule has 0 aliphatic heterocycles. The highest BCUT2D eigenvalue weighted by molar-refractivity contribution is 5.71. The number of carbonyl (C=O) groups is 3. The van der Waals surface area contributed by atoms with E-state index >= 15 is 0 Å². The van der Waals surface area contributed by atoms with Crippen molar-refractivity contribution in [1.82, 2.24) is 0 Å². The Morgan fingerprint density at radius 3 is 0.901 bits per heavy atom. The third kappa shape index (κ3) is 57.4. The molecule has 1 atom stereocenters. The third-order valence-electron chi connectivity index (χ3n) is 12.9. The van der Waals surface area contributed by atoms with Gasteiger partial charge in [-0.15, -0.1) is 0 Å². The second-order valence-corrected chi connectivity index (χ2v) is 19.9. The van der Waals surface area contributed by atoms with Gasteiger partial charge in [-0.2, -0.15) is 0 Å². The summed E-state index contributed by atoms with van der Waals surface area (Å²) in [6.07, 6.45) is 77.1. The fourth-order valence-corrected chi connectivity index (χ4v) is 8.34. The fourth-order valence-electron chi connectivity index (χ4n) is 8.34. The van der Waals surface area contributed by atoms with Crippen LogP contribution in [0.25, 0.3) is 0 Å². The molecule has 0 aliphatic rings. The maximum atomic E-state index is 12.9. The normalized spacial score (nSPS) is 12.7. The molecule has 71 heavy (non-hydrogen) atoms. The van der Waals surface area contributed by atoms with Gasteiger partial charge in [-0.1, -0.05) is 241 Å². The maximum absolute atomic E-state index is 12.9. The Morgan fingerprint density at radius 2 is 0.549 bits per heavy atom. The minimum absolute atomic E-state index is 0.0894. The second-order valence-electron chi connectivity index (χ2n) is 19.9. The van der Waals surface area contributed by atoms with Crippen molar-refractivity contribution in [3.8, 4) is 0 Å². The predicted molar refractivity (Wildman–Crippen MR) is 307 cm³/mol. The molecule has 0 heterocycles. The molecule has 0 N–H and O–H groups in total. The van der Waals surface area contributed by atoms with Gasteiger partial charge in [0.2, 0.25) is 0 Å². The first-order valence-corrected chi connectivity index (χ1v) is 30.1. The first-order valence-electron chi connectivity index (χ1n) is 30.1. The van der Waals surface area contributed by atoms with Crippen LogP contribution in [-0.2, 0) is 28.6 Å². The van der Waals surface area contributed by atoms with Gasteiger partial charge >= 0.3 is 17.9 Å². The van der Waals surface area contributed by atoms with Gasteiger partial charge in [0.05, 0.1) is 0 Å². The standard InChI is InChI=1S/C65H112O6/c1-4-7-10-13-16-19-22-25-28-30-32-34-37-40-43-46-49-52-55-58-64(67)70-61-62(60-69-63(66)57-54-51-48-45-42-39-36-27-24-21-18-15-12-9-6-3)71-65(68)59-56-53-50-47-44-41-38-35-33-31-29-26-23-20-17-14-11-8-5-2/h9,12,16,18-19,21,25-29,32,34,36,62H,4-8,10-11,13-15,17,20,22-24,30-31,33,35,37-61H2,1-3H3/b12-9-,19-16-,21-18-,28-25-,29-26-,34-32-,36-27-. The van der Waals surface area contributed by atoms with Crippen LogP contribution in [0.5, 0.6) is 0 Å². The quantitative estimate of drug-likeness (QED) is 0.0261. The first-order chi connectivity index (χ1) is 35.0. The van der Waals surface area contributed by atoms with Crippen molar-refractivity contribution in [2.24, 2.45) is 0 Å². The molecule has 6 nitrogen and oxygen atoms in total. The Kier molecular flexibility index (Phi) is 56.3. The molecule has 0 rings (SSSR count). The number of unbranched alkanes of at least 4 members (excludes halogenated alkanes) is 29. The number of esters is 3. The Labute approximate surface area is 439 Å². The molecular weight excluding hydrogens is 877 g/mol. The molecule has 0 aromatic carbocycles. The summed E-state index contributed by atoms with van der Waals surface area (Å²) in [6.45, 7) is 6.49. The summed E-state index contributed by atoms with van der Waals surface area (Å²) < 4.78 is 16.9. The number of rotatable bonds is 54. The Balaban J connectivity index is 4.42. The molecule has 0 spiro atoms. The third-order valence-corrected chi connectivity index (χ3v) is 12.9. The van der Waals surface area contributed by atoms with Crippen LogP contribution in [0.4, 0.5) is 0 Å². The van der Waals surface area contributed by atoms with E-state index in [0.29, 0.717) is 19.3 Å². The summed E-state index contributed by atoms with van der Waals surface area (Å²) in [4.78, 5) is 38.2. The van der Waals surface area contributed by atoms with E-state index in [4.69, 9.17) is 14.2 Å². The number of allylic oxidation sites excluding steroid dienone is 14. The van der Waals surface area contributed by atoms with Crippen molar-refractivity contribution in [3.63, 3.8) is 0 Å². The first kappa shape index (κ1) is 67.6. The van der Waals surface area contributed by atoms with Gasteiger partial charge in [0.1, 0.15) is 13.2 Å². The van der Waals surface area contributed by atoms with Gasteiger partial charge in [0, 0.05) is 19.3 Å². The molecule has 6 heteroatoms. The SMILES string of the molecule is CC/C=C\C/C=C\C/C=C\CCCCCCCC(=O)OCC(COC(=O)CCCCCCCC/C=C\C/C=C\C/C=C\CCCCC)OC(=O)CCCCCCCCCCC/C=C\CCCCCCCC. The lowest BCUT2D eigenvalue weighted by atomic mass is 10.1. The van der Waals surface area contributed by atoms with Crippen LogP contribution < -0.4 is 0 Å². The molecule has 408 valence electrons. The molecular formula is C65H112O6. The lowest BCUT2D eigenvalue weighted by Gasteiger charge is -2.18. The highest BCUT2D eigenvalue weighted by atomic mass is 16.6. The lowest BCUT2D eigenvalue weighted by molar-refractivity contribution is -0.167. The van der Waals surface area contributed by atoms with Crippen LogP contribution >= 0.6 is 0 Å². The van der Waals surface area contributed by atoms with E-state index in [2.05, 4.69) is 106 Å². The zero-order valence-electron chi connectivity index (χ0n) is 46.7. The van der Waals surface area contributed by atoms with Crippen LogP contribution in [0.15, 0.2) is 85.1 Å². The van der Waals surface area contributed by atoms with E-state index in [1.165, 1.54) is 135 Å². The molecule has 0 aromatic rings. The van der Waals surface area contributed by atoms with Crippen molar-refractivity contribution in [2.45, 2.75) is 297 Å². The molecule has 1 unspecified atom stereocenters. The summed E-state index contributed by atoms with van der Waals surface area (Å²) in [7, 11) is 0. The van der Waals surface area contributed by atoms with Crippen LogP contribution in [0.1, 0.15) is 290 Å². The van der Waals surface area contributed by atoms with Crippen LogP contribution in [0, 0.1) is 0 Å². The molecule has 0 amide bonds. The molecule has 0 fully saturated rings. The Hall–Kier alpha value is -3.41. The van der Waals surface area contributed by atoms with Crippen molar-refractivity contribution in [3.05, 3.63) is 85.1 Å². The van der Waals surface area contributed by atoms with Gasteiger partial charge in [0.15, 0.2) is 6.10 Å². The van der Waals surface area contributed by atoms with E-state index in [1.54, 1.807) is 0 Å². The zero-order chi connectivity index (χ0) is 51.4. The van der Waals surface area contributed by atoms with Crippen molar-refractivity contribution in [2.75, 3.05) is 13.2 Å². The van der Waals surface area contributed by atoms with Gasteiger partial charge < -0.3 is 14.2 Å². The minimum Gasteiger partial charge on any atom is -0.462 e. The Morgan fingerprint density at radius 1 is 0.296 bits per heavy atom. The van der Waals surface area contributed by atoms with Crippen molar-refractivity contribution in [1.29, 1.82) is 0 Å². The monoisotopic (exact) mass is 989 g/mol. The molecule has 0 aromatic heterocycles. The molecule has 0 saturated carbocycles. The molecule has 0 radical (unpaired) electrons. The minimum atomic E-state index is -0.792. The molecule has 0 aliphatic carbocycles. The van der Waals surface area contributed by atoms with Crippen molar-refractivity contribution < 1.29 is 28.6 Å². The van der Waals surface area contributed by atoms with E-state index in [0.717, 1.165) is 116 Å². The number of carbonyl (C=O) groups excluding carboxylic acids is 3. The maximum Gasteiger partial charge on any atom is 0.306 e. The van der Waals surface area contributed by atoms with Crippen LogP contribution in [0.3, 0.4) is 0 Å². The number of hydrogen-bond donors (Lipinski definition) is 0. The number of ether oxygens (including phenoxy) is 3. The van der Waals surface area contributed by atoms with E-state index in [-0.39, 0.29) is 31.1 Å². The largest absolute Gasteiger partial charge is 0.462 e. The zero-order valence-corrected chi connectivity index (χ0v) is 46.7. The van der Waals surface area contributed by atoms with Crippen LogP contribution in [-0.4, -0.2) is 37.2 Å². The smallest absolute Gasteiger partial charge is 0.306 e. The summed E-state index contributed by atoms with van der Waals surface area (Å²) in [5.41, 5.74) is 0. The van der Waals surface area contributed by atoms with E-state index < -0.39 is 6.10 Å². The second kappa shape index (κ2) is 59.2. The summed E-state index contributed by atoms with van der Waals surface area (Å²) >= 11 is 0. The fraction of sp³-hybridized carbons (Fsp3) is 0.738. The van der Waals surface area contributed by atoms with Crippen LogP contribution in [0.2, 0.25) is 0 Å². The van der Waals surface area contributed by atoms with E-state index in [1.807, 2.05) is 0 Å². The summed E-state index contributed by atoms with van der Waals surface area (Å²) in [5.74, 6) is -0.912. The van der Waals surface area contributed by atoms with Crippen molar-refractivity contribution >= 4 is 17.9 Å². The number of hydrogen-bond acceptors (Lipinski definition) is 6. The van der Waals surface area contributed by atoms with Gasteiger partial charge in [-0.25, -0.2) is 0 Å². The summed E-state index contributed by atoms with van der Waals surface area (Å²) in [5, 5.41) is 0. The molecule has 0 saturated heterocycles. The van der Waals surface area contributed by atoms with Gasteiger partial charge in [-0.3, -0.25) is 14.4 Å². The average Bonchev–Trinajstić information content (AvgIpc) is 3.37. The van der Waals surface area contributed by atoms with E-state index in [9.17, 15) is 14.4 Å². The topological polar surface area (TPSA) is 78.9 Å². The highest BCUT2D eigenvalue weighted by Crippen LogP contribution is 2.15.